The van der Waals surface area contributed by atoms with Crippen LogP contribution in [0.5, 0.6) is 0 Å². The summed E-state index contributed by atoms with van der Waals surface area (Å²) >= 11 is 0. The summed E-state index contributed by atoms with van der Waals surface area (Å²) in [6, 6.07) is 0. The molecule has 3 atom stereocenters. The van der Waals surface area contributed by atoms with E-state index in [1.54, 1.807) is 6.08 Å². The SMILES string of the molecule is CC1(C)C(C=CC(=O)OC2CCCO2)C1C(=O)O. The van der Waals surface area contributed by atoms with Crippen LogP contribution in [0.25, 0.3) is 0 Å². The third kappa shape index (κ3) is 2.56. The molecule has 0 aromatic rings. The number of ether oxygens (including phenoxy) is 2. The fourth-order valence-electron chi connectivity index (χ4n) is 2.50. The van der Waals surface area contributed by atoms with E-state index in [2.05, 4.69) is 0 Å². The van der Waals surface area contributed by atoms with Crippen molar-refractivity contribution in [3.8, 4) is 0 Å². The molecule has 1 aliphatic heterocycles. The van der Waals surface area contributed by atoms with Gasteiger partial charge in [0.05, 0.1) is 12.5 Å². The lowest BCUT2D eigenvalue weighted by molar-refractivity contribution is -0.163. The van der Waals surface area contributed by atoms with Crippen LogP contribution in [0.2, 0.25) is 0 Å². The minimum atomic E-state index is -0.817. The molecule has 5 heteroatoms. The fourth-order valence-corrected chi connectivity index (χ4v) is 2.50. The molecule has 2 fully saturated rings. The molecular formula is C13H18O5. The molecule has 2 rings (SSSR count). The van der Waals surface area contributed by atoms with Crippen molar-refractivity contribution < 1.29 is 24.2 Å². The molecule has 2 aliphatic rings. The second kappa shape index (κ2) is 4.72. The molecule has 1 heterocycles. The third-order valence-corrected chi connectivity index (χ3v) is 3.75. The number of carbonyl (C=O) groups is 2. The number of allylic oxidation sites excluding steroid dienone is 1. The first-order valence-electron chi connectivity index (χ1n) is 6.16. The van der Waals surface area contributed by atoms with Gasteiger partial charge in [-0.3, -0.25) is 4.79 Å². The number of hydrogen-bond donors (Lipinski definition) is 1. The highest BCUT2D eigenvalue weighted by molar-refractivity contribution is 5.83. The number of carboxylic acid groups (broad SMARTS) is 1. The Hall–Kier alpha value is -1.36. The number of carbonyl (C=O) groups excluding carboxylic acids is 1. The minimum Gasteiger partial charge on any atom is -0.481 e. The zero-order valence-electron chi connectivity index (χ0n) is 10.6. The molecule has 0 bridgehead atoms. The summed E-state index contributed by atoms with van der Waals surface area (Å²) in [5.74, 6) is -1.80. The van der Waals surface area contributed by atoms with E-state index in [0.717, 1.165) is 12.8 Å². The largest absolute Gasteiger partial charge is 0.481 e. The average Bonchev–Trinajstić information content (AvgIpc) is 2.63. The topological polar surface area (TPSA) is 72.8 Å². The summed E-state index contributed by atoms with van der Waals surface area (Å²) in [6.07, 6.45) is 4.14. The molecule has 0 amide bonds. The van der Waals surface area contributed by atoms with Crippen LogP contribution in [0.3, 0.4) is 0 Å². The lowest BCUT2D eigenvalue weighted by Crippen LogP contribution is -2.14. The van der Waals surface area contributed by atoms with Gasteiger partial charge in [-0.1, -0.05) is 19.9 Å². The van der Waals surface area contributed by atoms with Gasteiger partial charge in [0.25, 0.3) is 0 Å². The molecule has 0 spiro atoms. The Morgan fingerprint density at radius 1 is 1.44 bits per heavy atom. The first-order chi connectivity index (χ1) is 8.43. The van der Waals surface area contributed by atoms with Crippen LogP contribution in [0.15, 0.2) is 12.2 Å². The highest BCUT2D eigenvalue weighted by Gasteiger charge is 2.60. The summed E-state index contributed by atoms with van der Waals surface area (Å²) in [5, 5.41) is 8.98. The molecular weight excluding hydrogens is 236 g/mol. The van der Waals surface area contributed by atoms with Crippen LogP contribution in [0, 0.1) is 17.3 Å². The van der Waals surface area contributed by atoms with Crippen LogP contribution in [0.4, 0.5) is 0 Å². The maximum absolute atomic E-state index is 11.5. The zero-order valence-corrected chi connectivity index (χ0v) is 10.6. The number of hydrogen-bond acceptors (Lipinski definition) is 4. The summed E-state index contributed by atoms with van der Waals surface area (Å²) < 4.78 is 10.2. The van der Waals surface area contributed by atoms with Gasteiger partial charge in [0, 0.05) is 12.5 Å². The molecule has 0 aromatic carbocycles. The Bertz CT molecular complexity index is 379. The van der Waals surface area contributed by atoms with Crippen LogP contribution in [0.1, 0.15) is 26.7 Å². The summed E-state index contributed by atoms with van der Waals surface area (Å²) in [4.78, 5) is 22.4. The van der Waals surface area contributed by atoms with Gasteiger partial charge < -0.3 is 14.6 Å². The summed E-state index contributed by atoms with van der Waals surface area (Å²) in [6.45, 7) is 4.39. The maximum atomic E-state index is 11.5. The van der Waals surface area contributed by atoms with Crippen molar-refractivity contribution in [3.63, 3.8) is 0 Å². The van der Waals surface area contributed by atoms with E-state index >= 15 is 0 Å². The van der Waals surface area contributed by atoms with Crippen LogP contribution >= 0.6 is 0 Å². The Morgan fingerprint density at radius 2 is 2.17 bits per heavy atom. The van der Waals surface area contributed by atoms with E-state index in [1.165, 1.54) is 6.08 Å². The molecule has 1 N–H and O–H groups in total. The predicted molar refractivity (Wildman–Crippen MR) is 62.6 cm³/mol. The molecule has 100 valence electrons. The van der Waals surface area contributed by atoms with Crippen LogP contribution in [-0.2, 0) is 19.1 Å². The first-order valence-corrected chi connectivity index (χ1v) is 6.16. The van der Waals surface area contributed by atoms with Crippen LogP contribution < -0.4 is 0 Å². The van der Waals surface area contributed by atoms with Gasteiger partial charge in [0.1, 0.15) is 0 Å². The Balaban J connectivity index is 1.84. The van der Waals surface area contributed by atoms with E-state index in [0.29, 0.717) is 6.61 Å². The number of rotatable bonds is 4. The highest BCUT2D eigenvalue weighted by Crippen LogP contribution is 2.59. The lowest BCUT2D eigenvalue weighted by Gasteiger charge is -2.08. The van der Waals surface area contributed by atoms with E-state index in [9.17, 15) is 9.59 Å². The van der Waals surface area contributed by atoms with Gasteiger partial charge in [0.2, 0.25) is 6.29 Å². The van der Waals surface area contributed by atoms with Crippen LogP contribution in [-0.4, -0.2) is 29.9 Å². The second-order valence-corrected chi connectivity index (χ2v) is 5.40. The standard InChI is InChI=1S/C13H18O5/c1-13(2)8(11(13)12(15)16)5-6-9(14)18-10-4-3-7-17-10/h5-6,8,10-11H,3-4,7H2,1-2H3,(H,15,16). The molecule has 3 unspecified atom stereocenters. The normalized spacial score (nSPS) is 33.6. The molecule has 5 nitrogen and oxygen atoms in total. The number of esters is 1. The van der Waals surface area contributed by atoms with E-state index in [4.69, 9.17) is 14.6 Å². The summed E-state index contributed by atoms with van der Waals surface area (Å²) in [7, 11) is 0. The molecule has 0 aromatic heterocycles. The molecule has 1 aliphatic carbocycles. The first kappa shape index (κ1) is 13.1. The van der Waals surface area contributed by atoms with Crippen molar-refractivity contribution in [2.45, 2.75) is 33.0 Å². The number of carboxylic acids is 1. The molecule has 1 saturated heterocycles. The van der Waals surface area contributed by atoms with Gasteiger partial charge in [0.15, 0.2) is 0 Å². The third-order valence-electron chi connectivity index (χ3n) is 3.75. The van der Waals surface area contributed by atoms with Crippen molar-refractivity contribution in [3.05, 3.63) is 12.2 Å². The molecule has 0 radical (unpaired) electrons. The maximum Gasteiger partial charge on any atom is 0.332 e. The van der Waals surface area contributed by atoms with E-state index in [-0.39, 0.29) is 11.3 Å². The lowest BCUT2D eigenvalue weighted by atomic mass is 10.1. The van der Waals surface area contributed by atoms with Crippen molar-refractivity contribution in [2.24, 2.45) is 17.3 Å². The Labute approximate surface area is 106 Å². The highest BCUT2D eigenvalue weighted by atomic mass is 16.7. The van der Waals surface area contributed by atoms with Crippen molar-refractivity contribution in [1.29, 1.82) is 0 Å². The second-order valence-electron chi connectivity index (χ2n) is 5.40. The average molecular weight is 254 g/mol. The van der Waals surface area contributed by atoms with Gasteiger partial charge in [-0.15, -0.1) is 0 Å². The summed E-state index contributed by atoms with van der Waals surface area (Å²) in [5.41, 5.74) is -0.285. The zero-order chi connectivity index (χ0) is 13.3. The smallest absolute Gasteiger partial charge is 0.332 e. The van der Waals surface area contributed by atoms with Crippen molar-refractivity contribution in [2.75, 3.05) is 6.61 Å². The van der Waals surface area contributed by atoms with Gasteiger partial charge in [-0.2, -0.15) is 0 Å². The van der Waals surface area contributed by atoms with E-state index in [1.807, 2.05) is 13.8 Å². The monoisotopic (exact) mass is 254 g/mol. The Morgan fingerprint density at radius 3 is 2.67 bits per heavy atom. The quantitative estimate of drug-likeness (QED) is 0.609. The minimum absolute atomic E-state index is 0.105. The molecule has 18 heavy (non-hydrogen) atoms. The van der Waals surface area contributed by atoms with E-state index < -0.39 is 24.1 Å². The van der Waals surface area contributed by atoms with Crippen molar-refractivity contribution >= 4 is 11.9 Å². The Kier molecular flexibility index (Phi) is 3.43. The van der Waals surface area contributed by atoms with Gasteiger partial charge in [-0.25, -0.2) is 4.79 Å². The fraction of sp³-hybridized carbons (Fsp3) is 0.692. The predicted octanol–water partition coefficient (Wildman–Crippen LogP) is 1.58. The number of aliphatic carboxylic acids is 1. The van der Waals surface area contributed by atoms with Crippen molar-refractivity contribution in [1.82, 2.24) is 0 Å². The molecule has 1 saturated carbocycles. The van der Waals surface area contributed by atoms with Gasteiger partial charge in [-0.05, 0) is 17.8 Å². The van der Waals surface area contributed by atoms with Gasteiger partial charge >= 0.3 is 11.9 Å².